The van der Waals surface area contributed by atoms with Gasteiger partial charge in [-0.05, 0) is 38.2 Å². The van der Waals surface area contributed by atoms with Crippen LogP contribution in [-0.2, 0) is 4.74 Å². The molecule has 0 amide bonds. The Bertz CT molecular complexity index is 271. The van der Waals surface area contributed by atoms with Gasteiger partial charge in [0.25, 0.3) is 0 Å². The fourth-order valence-corrected chi connectivity index (χ4v) is 2.43. The lowest BCUT2D eigenvalue weighted by Crippen LogP contribution is -2.32. The first kappa shape index (κ1) is 8.86. The molecular formula is C12H18O. The smallest absolute Gasteiger partial charge is 0.104 e. The third-order valence-electron chi connectivity index (χ3n) is 2.89. The normalized spacial score (nSPS) is 31.2. The predicted molar refractivity (Wildman–Crippen MR) is 54.3 cm³/mol. The average Bonchev–Trinajstić information content (AvgIpc) is 2.02. The van der Waals surface area contributed by atoms with E-state index in [0.717, 1.165) is 19.3 Å². The van der Waals surface area contributed by atoms with E-state index in [1.54, 1.807) is 0 Å². The highest BCUT2D eigenvalue weighted by molar-refractivity contribution is 5.30. The lowest BCUT2D eigenvalue weighted by Gasteiger charge is -2.38. The summed E-state index contributed by atoms with van der Waals surface area (Å²) in [5.74, 6) is 1.90. The predicted octanol–water partition coefficient (Wildman–Crippen LogP) is 3.43. The molecule has 1 aliphatic carbocycles. The van der Waals surface area contributed by atoms with Crippen LogP contribution in [0.4, 0.5) is 0 Å². The van der Waals surface area contributed by atoms with Gasteiger partial charge in [-0.3, -0.25) is 0 Å². The second kappa shape index (κ2) is 2.90. The summed E-state index contributed by atoms with van der Waals surface area (Å²) in [5.41, 5.74) is 1.48. The molecule has 0 N–H and O–H groups in total. The first-order valence-corrected chi connectivity index (χ1v) is 5.17. The Balaban J connectivity index is 2.31. The minimum atomic E-state index is 0.0451. The van der Waals surface area contributed by atoms with Crippen LogP contribution in [0.3, 0.4) is 0 Å². The molecular weight excluding hydrogens is 160 g/mol. The lowest BCUT2D eigenvalue weighted by molar-refractivity contribution is -0.00434. The number of ether oxygens (including phenoxy) is 1. The Hall–Kier alpha value is -0.720. The zero-order chi connectivity index (χ0) is 9.47. The number of hydrogen-bond acceptors (Lipinski definition) is 1. The van der Waals surface area contributed by atoms with Crippen molar-refractivity contribution in [3.05, 3.63) is 23.5 Å². The van der Waals surface area contributed by atoms with Crippen LogP contribution in [0.2, 0.25) is 0 Å². The minimum Gasteiger partial charge on any atom is -0.492 e. The number of hydrogen-bond donors (Lipinski definition) is 0. The van der Waals surface area contributed by atoms with Crippen LogP contribution in [0.5, 0.6) is 0 Å². The molecule has 0 saturated heterocycles. The summed E-state index contributed by atoms with van der Waals surface area (Å²) in [7, 11) is 0. The van der Waals surface area contributed by atoms with Crippen LogP contribution < -0.4 is 0 Å². The van der Waals surface area contributed by atoms with Crippen molar-refractivity contribution in [3.63, 3.8) is 0 Å². The van der Waals surface area contributed by atoms with Gasteiger partial charge in [0.2, 0.25) is 0 Å². The molecule has 1 heteroatoms. The van der Waals surface area contributed by atoms with E-state index in [0.29, 0.717) is 5.92 Å². The molecule has 0 aromatic heterocycles. The van der Waals surface area contributed by atoms with Gasteiger partial charge in [-0.15, -0.1) is 0 Å². The lowest BCUT2D eigenvalue weighted by atomic mass is 9.83. The Labute approximate surface area is 80.5 Å². The van der Waals surface area contributed by atoms with Crippen molar-refractivity contribution in [2.75, 3.05) is 0 Å². The Morgan fingerprint density at radius 2 is 2.23 bits per heavy atom. The average molecular weight is 178 g/mol. The zero-order valence-corrected chi connectivity index (χ0v) is 8.76. The summed E-state index contributed by atoms with van der Waals surface area (Å²) in [6, 6.07) is 0. The van der Waals surface area contributed by atoms with Crippen molar-refractivity contribution < 1.29 is 4.74 Å². The monoisotopic (exact) mass is 178 g/mol. The van der Waals surface area contributed by atoms with E-state index in [-0.39, 0.29) is 5.60 Å². The van der Waals surface area contributed by atoms with E-state index in [2.05, 4.69) is 32.9 Å². The molecule has 0 spiro atoms. The van der Waals surface area contributed by atoms with Gasteiger partial charge in [-0.2, -0.15) is 0 Å². The molecule has 1 aliphatic heterocycles. The first-order chi connectivity index (χ1) is 6.08. The van der Waals surface area contributed by atoms with Gasteiger partial charge < -0.3 is 4.74 Å². The van der Waals surface area contributed by atoms with Gasteiger partial charge in [-0.25, -0.2) is 0 Å². The SMILES string of the molecule is CC1CC(C)(C)OC2=C1C=CCC2. The molecule has 0 fully saturated rings. The molecule has 1 nitrogen and oxygen atoms in total. The Morgan fingerprint density at radius 3 is 3.00 bits per heavy atom. The summed E-state index contributed by atoms with van der Waals surface area (Å²) >= 11 is 0. The molecule has 0 radical (unpaired) electrons. The molecule has 1 heterocycles. The van der Waals surface area contributed by atoms with Crippen molar-refractivity contribution >= 4 is 0 Å². The maximum atomic E-state index is 5.98. The van der Waals surface area contributed by atoms with Crippen LogP contribution in [0, 0.1) is 5.92 Å². The van der Waals surface area contributed by atoms with Gasteiger partial charge in [0, 0.05) is 6.42 Å². The molecule has 1 atom stereocenters. The van der Waals surface area contributed by atoms with E-state index < -0.39 is 0 Å². The molecule has 0 bridgehead atoms. The maximum absolute atomic E-state index is 5.98. The van der Waals surface area contributed by atoms with E-state index in [4.69, 9.17) is 4.74 Å². The van der Waals surface area contributed by atoms with Gasteiger partial charge in [0.15, 0.2) is 0 Å². The van der Waals surface area contributed by atoms with Crippen molar-refractivity contribution in [1.29, 1.82) is 0 Å². The molecule has 0 aromatic carbocycles. The Kier molecular flexibility index (Phi) is 1.98. The van der Waals surface area contributed by atoms with Crippen LogP contribution >= 0.6 is 0 Å². The summed E-state index contributed by atoms with van der Waals surface area (Å²) in [6.45, 7) is 6.67. The largest absolute Gasteiger partial charge is 0.492 e. The summed E-state index contributed by atoms with van der Waals surface area (Å²) < 4.78 is 5.98. The minimum absolute atomic E-state index is 0.0451. The van der Waals surface area contributed by atoms with Crippen molar-refractivity contribution in [2.45, 2.75) is 45.6 Å². The summed E-state index contributed by atoms with van der Waals surface area (Å²) in [6.07, 6.45) is 7.88. The highest BCUT2D eigenvalue weighted by atomic mass is 16.5. The molecule has 0 aromatic rings. The van der Waals surface area contributed by atoms with Gasteiger partial charge in [-0.1, -0.05) is 19.1 Å². The Morgan fingerprint density at radius 1 is 1.46 bits per heavy atom. The van der Waals surface area contributed by atoms with Crippen molar-refractivity contribution in [1.82, 2.24) is 0 Å². The van der Waals surface area contributed by atoms with Gasteiger partial charge >= 0.3 is 0 Å². The molecule has 2 aliphatic rings. The van der Waals surface area contributed by atoms with Gasteiger partial charge in [0.05, 0.1) is 0 Å². The van der Waals surface area contributed by atoms with E-state index in [1.807, 2.05) is 0 Å². The van der Waals surface area contributed by atoms with E-state index in [9.17, 15) is 0 Å². The topological polar surface area (TPSA) is 9.23 Å². The zero-order valence-electron chi connectivity index (χ0n) is 8.76. The third kappa shape index (κ3) is 1.65. The molecule has 13 heavy (non-hydrogen) atoms. The molecule has 0 saturated carbocycles. The van der Waals surface area contributed by atoms with Crippen LogP contribution in [0.1, 0.15) is 40.0 Å². The summed E-state index contributed by atoms with van der Waals surface area (Å²) in [5, 5.41) is 0. The maximum Gasteiger partial charge on any atom is 0.104 e. The molecule has 72 valence electrons. The molecule has 1 unspecified atom stereocenters. The van der Waals surface area contributed by atoms with Crippen molar-refractivity contribution in [3.8, 4) is 0 Å². The van der Waals surface area contributed by atoms with E-state index >= 15 is 0 Å². The van der Waals surface area contributed by atoms with Crippen LogP contribution in [0.25, 0.3) is 0 Å². The van der Waals surface area contributed by atoms with Crippen LogP contribution in [0.15, 0.2) is 23.5 Å². The third-order valence-corrected chi connectivity index (χ3v) is 2.89. The fourth-order valence-electron chi connectivity index (χ4n) is 2.43. The molecule has 2 rings (SSSR count). The number of rotatable bonds is 0. The standard InChI is InChI=1S/C12H18O/c1-9-8-12(2,3)13-11-7-5-4-6-10(9)11/h4,6,9H,5,7-8H2,1-3H3. The second-order valence-corrected chi connectivity index (χ2v) is 4.79. The summed E-state index contributed by atoms with van der Waals surface area (Å²) in [4.78, 5) is 0. The van der Waals surface area contributed by atoms with Gasteiger partial charge in [0.1, 0.15) is 11.4 Å². The number of allylic oxidation sites excluding steroid dienone is 4. The highest BCUT2D eigenvalue weighted by Crippen LogP contribution is 2.39. The van der Waals surface area contributed by atoms with Crippen LogP contribution in [-0.4, -0.2) is 5.60 Å². The van der Waals surface area contributed by atoms with E-state index in [1.165, 1.54) is 11.3 Å². The fraction of sp³-hybridized carbons (Fsp3) is 0.667. The first-order valence-electron chi connectivity index (χ1n) is 5.17. The second-order valence-electron chi connectivity index (χ2n) is 4.79. The quantitative estimate of drug-likeness (QED) is 0.552. The van der Waals surface area contributed by atoms with Crippen molar-refractivity contribution in [2.24, 2.45) is 5.92 Å². The highest BCUT2D eigenvalue weighted by Gasteiger charge is 2.32.